The van der Waals surface area contributed by atoms with Gasteiger partial charge in [-0.2, -0.15) is 5.26 Å². The lowest BCUT2D eigenvalue weighted by Gasteiger charge is -2.12. The van der Waals surface area contributed by atoms with E-state index in [0.29, 0.717) is 19.1 Å². The molecular weight excluding hydrogens is 334 g/mol. The van der Waals surface area contributed by atoms with Crippen LogP contribution >= 0.6 is 0 Å². The Morgan fingerprint density at radius 3 is 2.65 bits per heavy atom. The van der Waals surface area contributed by atoms with Gasteiger partial charge in [0.15, 0.2) is 6.61 Å². The zero-order valence-corrected chi connectivity index (χ0v) is 16.1. The Morgan fingerprint density at radius 1 is 1.38 bits per heavy atom. The van der Waals surface area contributed by atoms with Crippen LogP contribution in [0.1, 0.15) is 30.8 Å². The number of hydrogen-bond acceptors (Lipinski definition) is 5. The van der Waals surface area contributed by atoms with Gasteiger partial charge in [-0.1, -0.05) is 13.8 Å². The number of hydrogen-bond donors (Lipinski definition) is 1. The number of nitrogens with zero attached hydrogens (tertiary/aromatic N) is 2. The number of carbonyl (C=O) groups is 2. The molecule has 0 saturated heterocycles. The monoisotopic (exact) mass is 361 g/mol. The molecule has 7 heteroatoms. The Balaban J connectivity index is 2.80. The van der Waals surface area contributed by atoms with Crippen molar-refractivity contribution in [3.8, 4) is 6.07 Å². The molecule has 0 aliphatic carbocycles. The van der Waals surface area contributed by atoms with Crippen LogP contribution in [0.2, 0.25) is 0 Å². The fourth-order valence-corrected chi connectivity index (χ4v) is 2.46. The largest absolute Gasteiger partial charge is 0.451 e. The predicted octanol–water partition coefficient (Wildman–Crippen LogP) is 1.97. The molecule has 0 aromatic carbocycles. The van der Waals surface area contributed by atoms with Gasteiger partial charge in [-0.25, -0.2) is 4.79 Å². The molecule has 1 heterocycles. The molecule has 0 fully saturated rings. The van der Waals surface area contributed by atoms with Crippen molar-refractivity contribution in [2.75, 3.05) is 26.9 Å². The Labute approximate surface area is 154 Å². The van der Waals surface area contributed by atoms with Crippen molar-refractivity contribution >= 4 is 18.0 Å². The van der Waals surface area contributed by atoms with Crippen molar-refractivity contribution in [1.29, 1.82) is 5.26 Å². The maximum absolute atomic E-state index is 12.1. The van der Waals surface area contributed by atoms with Crippen LogP contribution in [-0.4, -0.2) is 43.3 Å². The zero-order valence-electron chi connectivity index (χ0n) is 16.1. The summed E-state index contributed by atoms with van der Waals surface area (Å²) in [6.07, 6.45) is 1.50. The zero-order chi connectivity index (χ0) is 19.7. The third-order valence-corrected chi connectivity index (χ3v) is 3.76. The van der Waals surface area contributed by atoms with Crippen LogP contribution in [-0.2, 0) is 25.6 Å². The second-order valence-electron chi connectivity index (χ2n) is 6.42. The maximum Gasteiger partial charge on any atom is 0.349 e. The Hall–Kier alpha value is -2.59. The normalized spacial score (nSPS) is 11.3. The highest BCUT2D eigenvalue weighted by Crippen LogP contribution is 2.20. The van der Waals surface area contributed by atoms with E-state index in [1.54, 1.807) is 0 Å². The molecular formula is C19H27N3O4. The highest BCUT2D eigenvalue weighted by Gasteiger charge is 2.15. The van der Waals surface area contributed by atoms with Gasteiger partial charge in [-0.3, -0.25) is 4.79 Å². The Bertz CT molecular complexity index is 711. The van der Waals surface area contributed by atoms with Crippen molar-refractivity contribution < 1.29 is 19.1 Å². The summed E-state index contributed by atoms with van der Waals surface area (Å²) < 4.78 is 11.9. The van der Waals surface area contributed by atoms with Gasteiger partial charge in [0.2, 0.25) is 0 Å². The van der Waals surface area contributed by atoms with Crippen LogP contribution in [0.3, 0.4) is 0 Å². The number of esters is 1. The van der Waals surface area contributed by atoms with Gasteiger partial charge in [-0.15, -0.1) is 0 Å². The van der Waals surface area contributed by atoms with Gasteiger partial charge in [-0.05, 0) is 37.5 Å². The minimum atomic E-state index is -0.817. The maximum atomic E-state index is 12.1. The minimum absolute atomic E-state index is 0.139. The molecule has 0 aliphatic rings. The van der Waals surface area contributed by atoms with Crippen LogP contribution in [0.15, 0.2) is 11.6 Å². The van der Waals surface area contributed by atoms with Crippen molar-refractivity contribution in [3.63, 3.8) is 0 Å². The number of ether oxygens (including phenoxy) is 2. The smallest absolute Gasteiger partial charge is 0.349 e. The van der Waals surface area contributed by atoms with Gasteiger partial charge >= 0.3 is 5.97 Å². The molecule has 1 aromatic rings. The minimum Gasteiger partial charge on any atom is -0.451 e. The molecule has 1 rings (SSSR count). The fourth-order valence-electron chi connectivity index (χ4n) is 2.46. The lowest BCUT2D eigenvalue weighted by atomic mass is 10.1. The summed E-state index contributed by atoms with van der Waals surface area (Å²) in [4.78, 5) is 23.6. The van der Waals surface area contributed by atoms with Crippen molar-refractivity contribution in [3.05, 3.63) is 28.6 Å². The molecule has 142 valence electrons. The highest BCUT2D eigenvalue weighted by atomic mass is 16.5. The summed E-state index contributed by atoms with van der Waals surface area (Å²) in [5.74, 6) is -0.778. The first-order chi connectivity index (χ1) is 12.3. The van der Waals surface area contributed by atoms with E-state index in [9.17, 15) is 14.9 Å². The summed E-state index contributed by atoms with van der Waals surface area (Å²) in [5, 5.41) is 11.8. The molecule has 0 atom stereocenters. The van der Waals surface area contributed by atoms with Crippen LogP contribution in [0.4, 0.5) is 0 Å². The molecule has 7 nitrogen and oxygen atoms in total. The van der Waals surface area contributed by atoms with Crippen molar-refractivity contribution in [2.24, 2.45) is 5.92 Å². The van der Waals surface area contributed by atoms with E-state index in [1.807, 2.05) is 26.0 Å². The van der Waals surface area contributed by atoms with Gasteiger partial charge in [0.25, 0.3) is 5.91 Å². The van der Waals surface area contributed by atoms with Crippen LogP contribution < -0.4 is 5.32 Å². The van der Waals surface area contributed by atoms with Crippen molar-refractivity contribution in [1.82, 2.24) is 9.88 Å². The summed E-state index contributed by atoms with van der Waals surface area (Å²) in [7, 11) is 1.52. The van der Waals surface area contributed by atoms with Crippen LogP contribution in [0, 0.1) is 31.1 Å². The molecule has 0 spiro atoms. The topological polar surface area (TPSA) is 93.3 Å². The third-order valence-electron chi connectivity index (χ3n) is 3.76. The second kappa shape index (κ2) is 10.4. The molecule has 0 saturated carbocycles. The summed E-state index contributed by atoms with van der Waals surface area (Å²) in [5.41, 5.74) is 2.69. The van der Waals surface area contributed by atoms with E-state index in [1.165, 1.54) is 13.2 Å². The predicted molar refractivity (Wildman–Crippen MR) is 98.2 cm³/mol. The summed E-state index contributed by atoms with van der Waals surface area (Å²) in [6.45, 7) is 9.32. The third kappa shape index (κ3) is 6.37. The number of aromatic nitrogens is 1. The van der Waals surface area contributed by atoms with E-state index < -0.39 is 18.5 Å². The average molecular weight is 361 g/mol. The van der Waals surface area contributed by atoms with E-state index in [2.05, 4.69) is 23.7 Å². The van der Waals surface area contributed by atoms with Gasteiger partial charge < -0.3 is 19.4 Å². The number of nitrogens with one attached hydrogen (secondary N) is 1. The molecule has 1 N–H and O–H groups in total. The molecule has 26 heavy (non-hydrogen) atoms. The first kappa shape index (κ1) is 21.5. The molecule has 1 amide bonds. The number of methoxy groups -OCH3 is 1. The van der Waals surface area contributed by atoms with E-state index in [-0.39, 0.29) is 5.57 Å². The highest BCUT2D eigenvalue weighted by molar-refractivity contribution is 5.99. The molecule has 1 aromatic heterocycles. The number of amides is 1. The summed E-state index contributed by atoms with van der Waals surface area (Å²) in [6, 6.07) is 3.78. The Kier molecular flexibility index (Phi) is 8.59. The average Bonchev–Trinajstić information content (AvgIpc) is 2.84. The quantitative estimate of drug-likeness (QED) is 0.314. The summed E-state index contributed by atoms with van der Waals surface area (Å²) >= 11 is 0. The number of aryl methyl sites for hydroxylation is 1. The molecule has 0 radical (unpaired) electrons. The number of nitriles is 1. The van der Waals surface area contributed by atoms with E-state index in [4.69, 9.17) is 9.47 Å². The van der Waals surface area contributed by atoms with Crippen LogP contribution in [0.25, 0.3) is 6.08 Å². The second-order valence-corrected chi connectivity index (χ2v) is 6.42. The first-order valence-corrected chi connectivity index (χ1v) is 8.51. The fraction of sp³-hybridized carbons (Fsp3) is 0.526. The molecule has 0 unspecified atom stereocenters. The van der Waals surface area contributed by atoms with Gasteiger partial charge in [0, 0.05) is 31.6 Å². The first-order valence-electron chi connectivity index (χ1n) is 8.51. The lowest BCUT2D eigenvalue weighted by Crippen LogP contribution is -2.31. The van der Waals surface area contributed by atoms with E-state index in [0.717, 1.165) is 23.5 Å². The van der Waals surface area contributed by atoms with E-state index >= 15 is 0 Å². The number of rotatable bonds is 9. The van der Waals surface area contributed by atoms with Crippen molar-refractivity contribution in [2.45, 2.75) is 34.2 Å². The molecule has 0 bridgehead atoms. The number of carbonyl (C=O) groups excluding carboxylic acids is 2. The standard InChI is InChI=1S/C19H27N3O4/c1-13(2)11-22-14(3)8-16(15(22)4)9-17(10-20)19(24)26-12-18(23)21-6-7-25-5/h8-9,13H,6-7,11-12H2,1-5H3,(H,21,23)/b17-9+. The van der Waals surface area contributed by atoms with Gasteiger partial charge in [0.05, 0.1) is 6.61 Å². The van der Waals surface area contributed by atoms with Gasteiger partial charge in [0.1, 0.15) is 11.6 Å². The molecule has 0 aliphatic heterocycles. The SMILES string of the molecule is COCCNC(=O)COC(=O)/C(C#N)=C/c1cc(C)n(CC(C)C)c1C. The lowest BCUT2D eigenvalue weighted by molar-refractivity contribution is -0.144. The van der Waals surface area contributed by atoms with Crippen LogP contribution in [0.5, 0.6) is 0 Å². The Morgan fingerprint density at radius 2 is 2.08 bits per heavy atom.